The van der Waals surface area contributed by atoms with E-state index in [-0.39, 0.29) is 35.8 Å². The molecule has 1 saturated heterocycles. The first-order valence-electron chi connectivity index (χ1n) is 14.0. The number of benzene rings is 2. The number of halogens is 5. The van der Waals surface area contributed by atoms with Crippen molar-refractivity contribution >= 4 is 38.4 Å². The second kappa shape index (κ2) is 11.8. The number of nitrogens with one attached hydrogen (secondary N) is 2. The molecule has 1 aliphatic carbocycles. The van der Waals surface area contributed by atoms with E-state index in [2.05, 4.69) is 10.0 Å². The summed E-state index contributed by atoms with van der Waals surface area (Å²) >= 11 is 6.76. The number of alkyl halides is 3. The van der Waals surface area contributed by atoms with Gasteiger partial charge in [0.15, 0.2) is 0 Å². The SMILES string of the molecule is CC(C)n1c(-c2ccc(F)cc2)c(Cl)c2ccc(S(=O)(=O)N[C@H]3CC[C@H](C(=O)N4CCNC(C(F)(F)F)C4)CC3)cc21. The van der Waals surface area contributed by atoms with Gasteiger partial charge in [0.2, 0.25) is 15.9 Å². The van der Waals surface area contributed by atoms with Gasteiger partial charge in [-0.1, -0.05) is 11.6 Å². The van der Waals surface area contributed by atoms with Gasteiger partial charge in [0, 0.05) is 43.0 Å². The van der Waals surface area contributed by atoms with Crippen molar-refractivity contribution in [3.05, 3.63) is 53.3 Å². The highest BCUT2D eigenvalue weighted by Gasteiger charge is 2.44. The molecule has 13 heteroatoms. The molecule has 1 unspecified atom stereocenters. The van der Waals surface area contributed by atoms with Crippen LogP contribution in [0.4, 0.5) is 17.6 Å². The summed E-state index contributed by atoms with van der Waals surface area (Å²) in [4.78, 5) is 14.3. The summed E-state index contributed by atoms with van der Waals surface area (Å²) in [6.07, 6.45) is -2.86. The summed E-state index contributed by atoms with van der Waals surface area (Å²) in [6.45, 7) is 3.78. The first-order chi connectivity index (χ1) is 19.8. The number of hydrogen-bond donors (Lipinski definition) is 2. The molecule has 1 atom stereocenters. The van der Waals surface area contributed by atoms with E-state index in [9.17, 15) is 30.8 Å². The fourth-order valence-electron chi connectivity index (χ4n) is 6.00. The molecule has 228 valence electrons. The van der Waals surface area contributed by atoms with Crippen LogP contribution in [-0.4, -0.2) is 61.7 Å². The molecule has 0 spiro atoms. The highest BCUT2D eigenvalue weighted by Crippen LogP contribution is 2.40. The van der Waals surface area contributed by atoms with Crippen molar-refractivity contribution in [1.29, 1.82) is 0 Å². The van der Waals surface area contributed by atoms with Crippen LogP contribution in [-0.2, 0) is 14.8 Å². The topological polar surface area (TPSA) is 83.4 Å². The van der Waals surface area contributed by atoms with Gasteiger partial charge in [0.25, 0.3) is 0 Å². The number of nitrogens with zero attached hydrogens (tertiary/aromatic N) is 2. The van der Waals surface area contributed by atoms with Crippen LogP contribution in [0, 0.1) is 11.7 Å². The van der Waals surface area contributed by atoms with E-state index in [0.717, 1.165) is 0 Å². The molecule has 2 aliphatic rings. The summed E-state index contributed by atoms with van der Waals surface area (Å²) < 4.78 is 84.6. The number of aromatic nitrogens is 1. The first kappa shape index (κ1) is 30.8. The second-order valence-electron chi connectivity index (χ2n) is 11.3. The average molecular weight is 629 g/mol. The fraction of sp³-hybridized carbons (Fsp3) is 0.483. The van der Waals surface area contributed by atoms with Gasteiger partial charge in [-0.2, -0.15) is 13.2 Å². The molecular weight excluding hydrogens is 596 g/mol. The van der Waals surface area contributed by atoms with E-state index in [0.29, 0.717) is 52.9 Å². The maximum Gasteiger partial charge on any atom is 0.405 e. The summed E-state index contributed by atoms with van der Waals surface area (Å²) in [5, 5.41) is 3.52. The zero-order valence-electron chi connectivity index (χ0n) is 23.2. The normalized spacial score (nSPS) is 22.2. The minimum absolute atomic E-state index is 0.0638. The Balaban J connectivity index is 1.30. The highest BCUT2D eigenvalue weighted by atomic mass is 35.5. The predicted molar refractivity (Wildman–Crippen MR) is 153 cm³/mol. The number of carbonyl (C=O) groups excluding carboxylic acids is 1. The largest absolute Gasteiger partial charge is 0.405 e. The van der Waals surface area contributed by atoms with Crippen LogP contribution < -0.4 is 10.0 Å². The minimum Gasteiger partial charge on any atom is -0.339 e. The Bertz CT molecular complexity index is 1570. The van der Waals surface area contributed by atoms with E-state index in [1.165, 1.54) is 23.1 Å². The second-order valence-corrected chi connectivity index (χ2v) is 13.4. The van der Waals surface area contributed by atoms with Gasteiger partial charge in [-0.25, -0.2) is 17.5 Å². The fourth-order valence-corrected chi connectivity index (χ4v) is 7.69. The lowest BCUT2D eigenvalue weighted by molar-refractivity contribution is -0.169. The van der Waals surface area contributed by atoms with Crippen molar-refractivity contribution < 1.29 is 30.8 Å². The quantitative estimate of drug-likeness (QED) is 0.334. The standard InChI is InChI=1S/C29H33ClF4N4O3S/c1-17(2)38-24-15-22(11-12-23(24)26(30)27(38)18-3-7-20(31)8-4-18)42(40,41)36-21-9-5-19(6-10-21)28(39)37-14-13-35-25(16-37)29(32,33)34/h3-4,7-8,11-12,15,17,19,21,25,35-36H,5-6,9-10,13-14,16H2,1-2H3/t19-,21-,25?. The lowest BCUT2D eigenvalue weighted by atomic mass is 9.85. The van der Waals surface area contributed by atoms with Crippen molar-refractivity contribution in [2.45, 2.75) is 68.7 Å². The molecule has 3 aromatic rings. The van der Waals surface area contributed by atoms with E-state index in [4.69, 9.17) is 11.6 Å². The van der Waals surface area contributed by atoms with Gasteiger partial charge in [0.1, 0.15) is 11.9 Å². The van der Waals surface area contributed by atoms with Gasteiger partial charge < -0.3 is 14.8 Å². The summed E-state index contributed by atoms with van der Waals surface area (Å²) in [5.41, 5.74) is 1.99. The molecule has 5 rings (SSSR count). The number of fused-ring (bicyclic) bond motifs is 1. The molecule has 2 heterocycles. The van der Waals surface area contributed by atoms with Crippen LogP contribution in [0.2, 0.25) is 5.02 Å². The van der Waals surface area contributed by atoms with Crippen molar-refractivity contribution in [3.63, 3.8) is 0 Å². The molecule has 1 amide bonds. The molecule has 2 aromatic carbocycles. The smallest absolute Gasteiger partial charge is 0.339 e. The van der Waals surface area contributed by atoms with Gasteiger partial charge in [-0.05, 0) is 87.6 Å². The maximum absolute atomic E-state index is 13.6. The number of hydrogen-bond acceptors (Lipinski definition) is 4. The molecule has 2 N–H and O–H groups in total. The van der Waals surface area contributed by atoms with Gasteiger partial charge in [-0.15, -0.1) is 0 Å². The van der Waals surface area contributed by atoms with Crippen LogP contribution in [0.3, 0.4) is 0 Å². The molecule has 0 bridgehead atoms. The monoisotopic (exact) mass is 628 g/mol. The molecule has 1 aromatic heterocycles. The van der Waals surface area contributed by atoms with Crippen molar-refractivity contribution in [2.75, 3.05) is 19.6 Å². The Morgan fingerprint density at radius 1 is 1.07 bits per heavy atom. The molecule has 7 nitrogen and oxygen atoms in total. The Labute approximate surface area is 247 Å². The van der Waals surface area contributed by atoms with Crippen molar-refractivity contribution in [3.8, 4) is 11.3 Å². The number of sulfonamides is 1. The van der Waals surface area contributed by atoms with Crippen LogP contribution in [0.25, 0.3) is 22.2 Å². The zero-order valence-corrected chi connectivity index (χ0v) is 24.8. The molecule has 1 aliphatic heterocycles. The molecule has 42 heavy (non-hydrogen) atoms. The molecule has 1 saturated carbocycles. The molecule has 2 fully saturated rings. The zero-order chi connectivity index (χ0) is 30.4. The van der Waals surface area contributed by atoms with Gasteiger partial charge in [-0.3, -0.25) is 4.79 Å². The Morgan fingerprint density at radius 3 is 2.36 bits per heavy atom. The highest BCUT2D eigenvalue weighted by molar-refractivity contribution is 7.89. The summed E-state index contributed by atoms with van der Waals surface area (Å²) in [7, 11) is -3.93. The third-order valence-electron chi connectivity index (χ3n) is 8.14. The van der Waals surface area contributed by atoms with E-state index < -0.39 is 40.7 Å². The van der Waals surface area contributed by atoms with Crippen molar-refractivity contribution in [1.82, 2.24) is 19.5 Å². The summed E-state index contributed by atoms with van der Waals surface area (Å²) in [5.74, 6) is -1.12. The number of rotatable bonds is 6. The molecule has 0 radical (unpaired) electrons. The van der Waals surface area contributed by atoms with Crippen LogP contribution >= 0.6 is 11.6 Å². The maximum atomic E-state index is 13.6. The Morgan fingerprint density at radius 2 is 1.74 bits per heavy atom. The number of piperazine rings is 1. The van der Waals surface area contributed by atoms with Crippen LogP contribution in [0.1, 0.15) is 45.6 Å². The van der Waals surface area contributed by atoms with Crippen LogP contribution in [0.15, 0.2) is 47.4 Å². The average Bonchev–Trinajstić information content (AvgIpc) is 3.25. The van der Waals surface area contributed by atoms with E-state index in [1.807, 2.05) is 18.4 Å². The Kier molecular flexibility index (Phi) is 8.63. The predicted octanol–water partition coefficient (Wildman–Crippen LogP) is 5.88. The lowest BCUT2D eigenvalue weighted by Gasteiger charge is -2.38. The minimum atomic E-state index is -4.43. The molecular formula is C29H33ClF4N4O3S. The summed E-state index contributed by atoms with van der Waals surface area (Å²) in [6, 6.07) is 8.45. The number of carbonyl (C=O) groups is 1. The lowest BCUT2D eigenvalue weighted by Crippen LogP contribution is -2.59. The van der Waals surface area contributed by atoms with Gasteiger partial charge >= 0.3 is 6.18 Å². The van der Waals surface area contributed by atoms with Gasteiger partial charge in [0.05, 0.1) is 21.1 Å². The Hall–Kier alpha value is -2.67. The number of amides is 1. The van der Waals surface area contributed by atoms with Crippen LogP contribution in [0.5, 0.6) is 0 Å². The third kappa shape index (κ3) is 6.17. The van der Waals surface area contributed by atoms with E-state index in [1.54, 1.807) is 24.3 Å². The van der Waals surface area contributed by atoms with E-state index >= 15 is 0 Å². The third-order valence-corrected chi connectivity index (χ3v) is 10.0. The van der Waals surface area contributed by atoms with Crippen molar-refractivity contribution in [2.24, 2.45) is 5.92 Å². The first-order valence-corrected chi connectivity index (χ1v) is 15.8.